The molecule has 0 radical (unpaired) electrons. The predicted molar refractivity (Wildman–Crippen MR) is 171 cm³/mol. The summed E-state index contributed by atoms with van der Waals surface area (Å²) in [6.45, 7) is 14.6. The molecule has 0 aliphatic carbocycles. The second-order valence-corrected chi connectivity index (χ2v) is 14.6. The van der Waals surface area contributed by atoms with Crippen LogP contribution in [0, 0.1) is 0 Å². The van der Waals surface area contributed by atoms with E-state index in [0.29, 0.717) is 11.4 Å². The number of fused-ring (bicyclic) bond motifs is 5. The van der Waals surface area contributed by atoms with E-state index in [1.54, 1.807) is 27.0 Å². The van der Waals surface area contributed by atoms with Crippen LogP contribution in [0.3, 0.4) is 0 Å². The van der Waals surface area contributed by atoms with Gasteiger partial charge < -0.3 is 28.3 Å². The summed E-state index contributed by atoms with van der Waals surface area (Å²) in [6.07, 6.45) is -0.00723. The Morgan fingerprint density at radius 1 is 1.07 bits per heavy atom. The Hall–Kier alpha value is -3.90. The zero-order valence-electron chi connectivity index (χ0n) is 27.4. The van der Waals surface area contributed by atoms with Crippen molar-refractivity contribution in [2.75, 3.05) is 6.54 Å². The number of alkyl halides is 2. The van der Waals surface area contributed by atoms with Crippen molar-refractivity contribution >= 4 is 29.6 Å². The van der Waals surface area contributed by atoms with Gasteiger partial charge in [-0.15, -0.1) is 0 Å². The van der Waals surface area contributed by atoms with Crippen molar-refractivity contribution in [3.8, 4) is 28.3 Å². The third-order valence-electron chi connectivity index (χ3n) is 9.43. The highest BCUT2D eigenvalue weighted by atomic mass is 19.3. The van der Waals surface area contributed by atoms with E-state index in [0.717, 1.165) is 38.1 Å². The molecule has 9 nitrogen and oxygen atoms in total. The molecule has 1 amide bonds. The van der Waals surface area contributed by atoms with Crippen LogP contribution in [-0.2, 0) is 14.0 Å². The molecule has 2 atom stereocenters. The number of carbonyl (C=O) groups is 1. The van der Waals surface area contributed by atoms with Crippen molar-refractivity contribution in [1.29, 1.82) is 0 Å². The number of nitrogens with one attached hydrogen (secondary N) is 1. The molecule has 2 fully saturated rings. The summed E-state index contributed by atoms with van der Waals surface area (Å²) in [5, 5.41) is 1.05. The first-order valence-corrected chi connectivity index (χ1v) is 15.7. The fourth-order valence-electron chi connectivity index (χ4n) is 6.44. The van der Waals surface area contributed by atoms with Crippen LogP contribution in [0.2, 0.25) is 0 Å². The van der Waals surface area contributed by atoms with E-state index in [-0.39, 0.29) is 12.1 Å². The van der Waals surface area contributed by atoms with Crippen LogP contribution in [-0.4, -0.2) is 61.9 Å². The average molecular weight is 633 g/mol. The molecule has 2 saturated heterocycles. The summed E-state index contributed by atoms with van der Waals surface area (Å²) in [6, 6.07) is 13.3. The molecule has 1 N–H and O–H groups in total. The number of amides is 1. The lowest BCUT2D eigenvalue weighted by Crippen LogP contribution is -2.41. The predicted octanol–water partition coefficient (Wildman–Crippen LogP) is 7.23. The van der Waals surface area contributed by atoms with E-state index in [4.69, 9.17) is 18.8 Å². The third kappa shape index (κ3) is 5.15. The number of rotatable bonds is 3. The van der Waals surface area contributed by atoms with Gasteiger partial charge in [0.15, 0.2) is 6.23 Å². The lowest BCUT2D eigenvalue weighted by molar-refractivity contribution is -0.00248. The first-order valence-electron chi connectivity index (χ1n) is 15.7. The Kier molecular flexibility index (Phi) is 6.72. The van der Waals surface area contributed by atoms with Crippen molar-refractivity contribution < 1.29 is 32.4 Å². The second-order valence-electron chi connectivity index (χ2n) is 14.6. The number of benzene rings is 2. The summed E-state index contributed by atoms with van der Waals surface area (Å²) in [4.78, 5) is 21.5. The maximum atomic E-state index is 14.5. The first kappa shape index (κ1) is 30.7. The molecule has 0 spiro atoms. The largest absolute Gasteiger partial charge is 0.494 e. The highest BCUT2D eigenvalue weighted by Crippen LogP contribution is 2.45. The smallest absolute Gasteiger partial charge is 0.470 e. The minimum atomic E-state index is -3.05. The van der Waals surface area contributed by atoms with Crippen LogP contribution in [0.25, 0.3) is 33.4 Å². The number of aromatic nitrogens is 3. The third-order valence-corrected chi connectivity index (χ3v) is 9.43. The summed E-state index contributed by atoms with van der Waals surface area (Å²) >= 11 is 0. The van der Waals surface area contributed by atoms with Gasteiger partial charge in [0.25, 0.3) is 5.92 Å². The fraction of sp³-hybridized carbons (Fsp3) is 0.471. The molecule has 2 aromatic heterocycles. The minimum Gasteiger partial charge on any atom is -0.470 e. The molecule has 3 aliphatic heterocycles. The van der Waals surface area contributed by atoms with Crippen LogP contribution < -0.4 is 10.2 Å². The molecule has 46 heavy (non-hydrogen) atoms. The lowest BCUT2D eigenvalue weighted by atomic mass is 9.78. The lowest BCUT2D eigenvalue weighted by Gasteiger charge is -2.32. The number of aromatic amines is 1. The summed E-state index contributed by atoms with van der Waals surface area (Å²) in [5.41, 5.74) is 3.69. The van der Waals surface area contributed by atoms with Gasteiger partial charge >= 0.3 is 13.2 Å². The van der Waals surface area contributed by atoms with Crippen LogP contribution in [0.1, 0.15) is 79.9 Å². The Morgan fingerprint density at radius 2 is 1.78 bits per heavy atom. The van der Waals surface area contributed by atoms with Gasteiger partial charge in [-0.2, -0.15) is 0 Å². The maximum absolute atomic E-state index is 14.5. The van der Waals surface area contributed by atoms with Crippen LogP contribution in [0.4, 0.5) is 13.6 Å². The van der Waals surface area contributed by atoms with Gasteiger partial charge in [-0.05, 0) is 85.1 Å². The Labute approximate surface area is 267 Å². The summed E-state index contributed by atoms with van der Waals surface area (Å²) < 4.78 is 55.6. The number of H-pyrrole nitrogens is 1. The summed E-state index contributed by atoms with van der Waals surface area (Å²) in [7, 11) is -0.458. The minimum absolute atomic E-state index is 0.279. The van der Waals surface area contributed by atoms with Crippen LogP contribution in [0.5, 0.6) is 5.75 Å². The van der Waals surface area contributed by atoms with Gasteiger partial charge in [-0.3, -0.25) is 4.90 Å². The molecule has 4 aromatic rings. The van der Waals surface area contributed by atoms with Crippen molar-refractivity contribution in [2.45, 2.75) is 96.8 Å². The molecule has 0 bridgehead atoms. The topological polar surface area (TPSA) is 90.8 Å². The van der Waals surface area contributed by atoms with E-state index in [1.165, 1.54) is 0 Å². The highest BCUT2D eigenvalue weighted by molar-refractivity contribution is 6.62. The second kappa shape index (κ2) is 10.1. The van der Waals surface area contributed by atoms with Gasteiger partial charge in [-0.25, -0.2) is 18.6 Å². The van der Waals surface area contributed by atoms with Crippen molar-refractivity contribution in [2.24, 2.45) is 0 Å². The number of carbonyl (C=O) groups excluding carboxylic acids is 1. The van der Waals surface area contributed by atoms with Gasteiger partial charge in [-0.1, -0.05) is 18.2 Å². The van der Waals surface area contributed by atoms with Gasteiger partial charge in [0.05, 0.1) is 46.9 Å². The number of hydrogen-bond acceptors (Lipinski definition) is 6. The van der Waals surface area contributed by atoms with E-state index in [2.05, 4.69) is 32.7 Å². The van der Waals surface area contributed by atoms with Crippen molar-refractivity contribution in [3.05, 3.63) is 54.5 Å². The Balaban J connectivity index is 1.18. The summed E-state index contributed by atoms with van der Waals surface area (Å²) in [5.74, 6) is -2.07. The van der Waals surface area contributed by atoms with Gasteiger partial charge in [0.2, 0.25) is 0 Å². The maximum Gasteiger partial charge on any atom is 0.494 e. The molecular formula is C34H39BF2N4O5. The number of ether oxygens (including phenoxy) is 2. The van der Waals surface area contributed by atoms with Crippen molar-refractivity contribution in [3.63, 3.8) is 0 Å². The number of nitrogens with zero attached hydrogens (tertiary/aromatic N) is 3. The number of imidazole rings is 1. The molecular weight excluding hydrogens is 593 g/mol. The normalized spacial score (nSPS) is 22.9. The molecule has 2 aromatic carbocycles. The SMILES string of the molecule is CC1Oc2cc(-c3cnc([C@@H]4CC(F)(F)CN4C(=O)OC(C)(C)C)[nH]3)ccc2-c2cc3cc(B4OC(C)(C)C(C)(C)O4)ccc3n21. The highest BCUT2D eigenvalue weighted by Gasteiger charge is 2.52. The van der Waals surface area contributed by atoms with Crippen LogP contribution >= 0.6 is 0 Å². The van der Waals surface area contributed by atoms with Gasteiger partial charge in [0, 0.05) is 22.9 Å². The standard InChI is InChI=1S/C34H39BF2N4O5/c1-19-41-25-12-10-22(35-45-32(5,6)33(7,8)46-35)13-21(25)14-26(41)23-11-9-20(15-28(23)43-19)24-17-38-29(39-24)27-16-34(36,37)18-40(27)30(42)44-31(2,3)4/h9-15,17,19,27H,16,18H2,1-8H3,(H,38,39)/t19?,27-/m0/s1. The Bertz CT molecular complexity index is 1840. The zero-order valence-corrected chi connectivity index (χ0v) is 27.4. The van der Waals surface area contributed by atoms with Crippen molar-refractivity contribution in [1.82, 2.24) is 19.4 Å². The molecule has 12 heteroatoms. The number of likely N-dealkylation sites (tertiary alicyclic amines) is 1. The molecule has 0 saturated carbocycles. The van der Waals surface area contributed by atoms with E-state index in [9.17, 15) is 13.6 Å². The van der Waals surface area contributed by atoms with E-state index >= 15 is 0 Å². The number of hydrogen-bond donors (Lipinski definition) is 1. The monoisotopic (exact) mass is 632 g/mol. The van der Waals surface area contributed by atoms with Gasteiger partial charge in [0.1, 0.15) is 17.2 Å². The molecule has 7 rings (SSSR count). The zero-order chi connectivity index (χ0) is 33.0. The molecule has 1 unspecified atom stereocenters. The first-order chi connectivity index (χ1) is 21.4. The fourth-order valence-corrected chi connectivity index (χ4v) is 6.44. The Morgan fingerprint density at radius 3 is 2.48 bits per heavy atom. The molecule has 242 valence electrons. The quantitative estimate of drug-likeness (QED) is 0.240. The van der Waals surface area contributed by atoms with E-state index < -0.39 is 54.9 Å². The van der Waals surface area contributed by atoms with Crippen LogP contribution in [0.15, 0.2) is 48.7 Å². The average Bonchev–Trinajstić information content (AvgIpc) is 3.69. The van der Waals surface area contributed by atoms with E-state index in [1.807, 2.05) is 58.9 Å². The molecule has 5 heterocycles. The number of halogens is 2. The molecule has 3 aliphatic rings.